The first-order valence-corrected chi connectivity index (χ1v) is 5.49. The zero-order valence-corrected chi connectivity index (χ0v) is 9.27. The minimum Gasteiger partial charge on any atom is -0.387 e. The van der Waals surface area contributed by atoms with Gasteiger partial charge >= 0.3 is 6.03 Å². The van der Waals surface area contributed by atoms with Gasteiger partial charge in [-0.15, -0.1) is 0 Å². The maximum absolute atomic E-state index is 11.4. The Morgan fingerprint density at radius 3 is 2.50 bits per heavy atom. The zero-order chi connectivity index (χ0) is 11.9. The number of rotatable bonds is 3. The molecule has 6 nitrogen and oxygen atoms in total. The van der Waals surface area contributed by atoms with E-state index in [2.05, 4.69) is 0 Å². The van der Waals surface area contributed by atoms with E-state index in [1.165, 1.54) is 0 Å². The largest absolute Gasteiger partial charge is 0.387 e. The molecule has 1 aliphatic carbocycles. The number of primary amides is 1. The minimum absolute atomic E-state index is 0.398. The molecule has 6 heteroatoms. The zero-order valence-electron chi connectivity index (χ0n) is 9.27. The second-order valence-electron chi connectivity index (χ2n) is 4.81. The molecule has 0 aromatic carbocycles. The molecule has 0 aromatic rings. The van der Waals surface area contributed by atoms with E-state index in [-0.39, 0.29) is 0 Å². The Morgan fingerprint density at radius 2 is 2.06 bits per heavy atom. The van der Waals surface area contributed by atoms with Crippen molar-refractivity contribution in [3.05, 3.63) is 0 Å². The summed E-state index contributed by atoms with van der Waals surface area (Å²) in [6, 6.07) is -1.26. The molecule has 2 aliphatic rings. The number of likely N-dealkylation sites (tertiary alicyclic amines) is 1. The van der Waals surface area contributed by atoms with Crippen molar-refractivity contribution in [2.75, 3.05) is 13.1 Å². The molecule has 2 rings (SSSR count). The molecule has 90 valence electrons. The van der Waals surface area contributed by atoms with Gasteiger partial charge in [0, 0.05) is 13.1 Å². The van der Waals surface area contributed by atoms with Crippen LogP contribution in [0, 0.1) is 5.92 Å². The van der Waals surface area contributed by atoms with E-state index in [4.69, 9.17) is 5.73 Å². The van der Waals surface area contributed by atoms with Gasteiger partial charge in [0.1, 0.15) is 0 Å². The van der Waals surface area contributed by atoms with E-state index in [0.29, 0.717) is 19.0 Å². The third kappa shape index (κ3) is 2.03. The Kier molecular flexibility index (Phi) is 2.63. The molecule has 0 radical (unpaired) electrons. The molecule has 16 heavy (non-hydrogen) atoms. The van der Waals surface area contributed by atoms with Crippen LogP contribution in [0.2, 0.25) is 0 Å². The van der Waals surface area contributed by atoms with Gasteiger partial charge in [0.2, 0.25) is 5.91 Å². The molecule has 0 aromatic heterocycles. The first kappa shape index (κ1) is 11.3. The third-order valence-corrected chi connectivity index (χ3v) is 3.46. The molecule has 0 spiro atoms. The number of imide groups is 1. The van der Waals surface area contributed by atoms with Crippen LogP contribution in [0.5, 0.6) is 0 Å². The number of carbonyl (C=O) groups is 2. The minimum atomic E-state index is -0.838. The van der Waals surface area contributed by atoms with Crippen molar-refractivity contribution in [1.29, 1.82) is 0 Å². The lowest BCUT2D eigenvalue weighted by Gasteiger charge is -2.49. The normalized spacial score (nSPS) is 25.6. The van der Waals surface area contributed by atoms with Crippen molar-refractivity contribution in [2.45, 2.75) is 31.4 Å². The van der Waals surface area contributed by atoms with Crippen molar-refractivity contribution < 1.29 is 14.7 Å². The topological polar surface area (TPSA) is 95.7 Å². The second-order valence-corrected chi connectivity index (χ2v) is 4.81. The molecule has 0 bridgehead atoms. The summed E-state index contributed by atoms with van der Waals surface area (Å²) in [4.78, 5) is 23.8. The second kappa shape index (κ2) is 3.71. The van der Waals surface area contributed by atoms with Crippen LogP contribution < -0.4 is 11.1 Å². The van der Waals surface area contributed by atoms with Gasteiger partial charge in [-0.2, -0.15) is 0 Å². The van der Waals surface area contributed by atoms with E-state index < -0.39 is 23.6 Å². The van der Waals surface area contributed by atoms with E-state index in [0.717, 1.165) is 12.8 Å². The molecular formula is C10H17N3O3. The van der Waals surface area contributed by atoms with Crippen molar-refractivity contribution in [1.82, 2.24) is 10.2 Å². The Morgan fingerprint density at radius 1 is 1.50 bits per heavy atom. The fourth-order valence-corrected chi connectivity index (χ4v) is 2.20. The third-order valence-electron chi connectivity index (χ3n) is 3.46. The number of nitrogens with two attached hydrogens (primary N) is 1. The van der Waals surface area contributed by atoms with Gasteiger partial charge in [0.15, 0.2) is 0 Å². The highest BCUT2D eigenvalue weighted by atomic mass is 16.3. The quantitative estimate of drug-likeness (QED) is 0.578. The number of hydrogen-bond acceptors (Lipinski definition) is 4. The fraction of sp³-hybridized carbons (Fsp3) is 0.800. The van der Waals surface area contributed by atoms with Crippen LogP contribution in [-0.4, -0.2) is 46.7 Å². The van der Waals surface area contributed by atoms with Crippen LogP contribution in [0.3, 0.4) is 0 Å². The molecule has 1 saturated carbocycles. The Bertz CT molecular complexity index is 321. The van der Waals surface area contributed by atoms with Crippen molar-refractivity contribution in [2.24, 2.45) is 11.7 Å². The van der Waals surface area contributed by atoms with E-state index in [1.54, 1.807) is 6.92 Å². The van der Waals surface area contributed by atoms with Crippen LogP contribution in [0.15, 0.2) is 0 Å². The molecule has 1 aliphatic heterocycles. The number of amides is 3. The molecule has 1 atom stereocenters. The van der Waals surface area contributed by atoms with Gasteiger partial charge < -0.3 is 10.8 Å². The van der Waals surface area contributed by atoms with E-state index >= 15 is 0 Å². The van der Waals surface area contributed by atoms with Gasteiger partial charge in [0.05, 0.1) is 11.6 Å². The lowest BCUT2D eigenvalue weighted by atomic mass is 9.87. The molecule has 1 heterocycles. The highest BCUT2D eigenvalue weighted by molar-refractivity contribution is 5.96. The van der Waals surface area contributed by atoms with Crippen LogP contribution in [0.1, 0.15) is 19.8 Å². The van der Waals surface area contributed by atoms with Gasteiger partial charge in [-0.05, 0) is 25.7 Å². The Labute approximate surface area is 93.8 Å². The monoisotopic (exact) mass is 227 g/mol. The first-order chi connectivity index (χ1) is 7.42. The predicted octanol–water partition coefficient (Wildman–Crippen LogP) is -0.973. The highest BCUT2D eigenvalue weighted by Gasteiger charge is 2.53. The molecule has 1 saturated heterocycles. The molecule has 2 fully saturated rings. The standard InChI is InChI=1S/C10H17N3O3/c1-6(8(14)12-9(11)15)13-4-10(16,5-13)7-2-3-7/h6-7,16H,2-5H2,1H3,(H3,11,12,14,15). The summed E-state index contributed by atoms with van der Waals surface area (Å²) < 4.78 is 0. The molecule has 4 N–H and O–H groups in total. The predicted molar refractivity (Wildman–Crippen MR) is 56.4 cm³/mol. The van der Waals surface area contributed by atoms with Crippen LogP contribution in [-0.2, 0) is 4.79 Å². The van der Waals surface area contributed by atoms with Crippen molar-refractivity contribution in [3.8, 4) is 0 Å². The Balaban J connectivity index is 1.82. The number of carbonyl (C=O) groups excluding carboxylic acids is 2. The summed E-state index contributed by atoms with van der Waals surface area (Å²) in [6.45, 7) is 2.71. The van der Waals surface area contributed by atoms with Crippen molar-refractivity contribution in [3.63, 3.8) is 0 Å². The number of urea groups is 1. The fourth-order valence-electron chi connectivity index (χ4n) is 2.20. The summed E-state index contributed by atoms with van der Waals surface area (Å²) in [5, 5.41) is 12.1. The summed E-state index contributed by atoms with van der Waals surface area (Å²) >= 11 is 0. The number of aliphatic hydroxyl groups is 1. The molecular weight excluding hydrogens is 210 g/mol. The molecule has 3 amide bonds. The maximum atomic E-state index is 11.4. The lowest BCUT2D eigenvalue weighted by Crippen LogP contribution is -2.67. The highest BCUT2D eigenvalue weighted by Crippen LogP contribution is 2.44. The average molecular weight is 227 g/mol. The van der Waals surface area contributed by atoms with Gasteiger partial charge in [-0.25, -0.2) is 4.79 Å². The number of nitrogens with one attached hydrogen (secondary N) is 1. The van der Waals surface area contributed by atoms with E-state index in [1.807, 2.05) is 10.2 Å². The molecule has 1 unspecified atom stereocenters. The van der Waals surface area contributed by atoms with Gasteiger partial charge in [0.25, 0.3) is 0 Å². The summed E-state index contributed by atoms with van der Waals surface area (Å²) in [5.74, 6) is -0.0134. The van der Waals surface area contributed by atoms with Gasteiger partial charge in [-0.3, -0.25) is 15.0 Å². The van der Waals surface area contributed by atoms with Crippen LogP contribution in [0.25, 0.3) is 0 Å². The number of hydrogen-bond donors (Lipinski definition) is 3. The lowest BCUT2D eigenvalue weighted by molar-refractivity contribution is -0.146. The average Bonchev–Trinajstić information content (AvgIpc) is 2.93. The van der Waals surface area contributed by atoms with Crippen molar-refractivity contribution >= 4 is 11.9 Å². The number of nitrogens with zero attached hydrogens (tertiary/aromatic N) is 1. The first-order valence-electron chi connectivity index (χ1n) is 5.49. The smallest absolute Gasteiger partial charge is 0.318 e. The van der Waals surface area contributed by atoms with E-state index in [9.17, 15) is 14.7 Å². The summed E-state index contributed by atoms with van der Waals surface area (Å²) in [7, 11) is 0. The van der Waals surface area contributed by atoms with Crippen LogP contribution in [0.4, 0.5) is 4.79 Å². The summed E-state index contributed by atoms with van der Waals surface area (Å²) in [5.41, 5.74) is 4.25. The Hall–Kier alpha value is -1.14. The van der Waals surface area contributed by atoms with Gasteiger partial charge in [-0.1, -0.05) is 0 Å². The maximum Gasteiger partial charge on any atom is 0.318 e. The SMILES string of the molecule is CC(C(=O)NC(N)=O)N1CC(O)(C2CC2)C1. The number of β-amino-alcohol motifs (C(OH)–C–C–N with tert-alkyl or cyclic N) is 1. The summed E-state index contributed by atoms with van der Waals surface area (Å²) in [6.07, 6.45) is 2.15. The van der Waals surface area contributed by atoms with Crippen LogP contribution >= 0.6 is 0 Å².